The lowest BCUT2D eigenvalue weighted by molar-refractivity contribution is -0.112. The number of hydrogen-bond donors (Lipinski definition) is 0. The van der Waals surface area contributed by atoms with Crippen LogP contribution in [0, 0.1) is 5.92 Å². The van der Waals surface area contributed by atoms with E-state index in [-0.39, 0.29) is 6.29 Å². The number of aryl methyl sites for hydroxylation is 1. The lowest BCUT2D eigenvalue weighted by Gasteiger charge is -2.14. The zero-order chi connectivity index (χ0) is 13.7. The van der Waals surface area contributed by atoms with Crippen LogP contribution in [-0.4, -0.2) is 30.3 Å². The molecule has 0 spiro atoms. The Morgan fingerprint density at radius 1 is 1.18 bits per heavy atom. The van der Waals surface area contributed by atoms with E-state index in [1.165, 1.54) is 0 Å². The Balaban J connectivity index is 0. The normalized spacial score (nSPS) is 9.47. The minimum atomic E-state index is -0.0231. The van der Waals surface area contributed by atoms with Gasteiger partial charge in [-0.3, -0.25) is 4.68 Å². The second-order valence-corrected chi connectivity index (χ2v) is 3.71. The highest BCUT2D eigenvalue weighted by atomic mass is 16.7. The second-order valence-electron chi connectivity index (χ2n) is 3.71. The predicted molar refractivity (Wildman–Crippen MR) is 71.8 cm³/mol. The SMILES string of the molecule is CC.COC(CC(C)C)OC.Cn1cccn1. The Morgan fingerprint density at radius 3 is 1.82 bits per heavy atom. The molecule has 0 atom stereocenters. The van der Waals surface area contributed by atoms with Crippen molar-refractivity contribution in [2.75, 3.05) is 14.2 Å². The number of nitrogens with zero attached hydrogens (tertiary/aromatic N) is 2. The van der Waals surface area contributed by atoms with Crippen molar-refractivity contribution in [2.24, 2.45) is 13.0 Å². The summed E-state index contributed by atoms with van der Waals surface area (Å²) in [6, 6.07) is 1.89. The maximum absolute atomic E-state index is 4.99. The van der Waals surface area contributed by atoms with Crippen LogP contribution in [-0.2, 0) is 16.5 Å². The van der Waals surface area contributed by atoms with E-state index in [9.17, 15) is 0 Å². The Kier molecular flexibility index (Phi) is 14.4. The van der Waals surface area contributed by atoms with E-state index in [0.29, 0.717) is 5.92 Å². The fourth-order valence-corrected chi connectivity index (χ4v) is 1.02. The largest absolute Gasteiger partial charge is 0.356 e. The molecule has 1 rings (SSSR count). The molecule has 0 radical (unpaired) electrons. The van der Waals surface area contributed by atoms with Crippen molar-refractivity contribution in [3.63, 3.8) is 0 Å². The molecular weight excluding hydrogens is 216 g/mol. The van der Waals surface area contributed by atoms with E-state index in [4.69, 9.17) is 9.47 Å². The van der Waals surface area contributed by atoms with E-state index < -0.39 is 0 Å². The molecule has 0 saturated heterocycles. The van der Waals surface area contributed by atoms with Gasteiger partial charge in [0.15, 0.2) is 6.29 Å². The zero-order valence-corrected chi connectivity index (χ0v) is 12.3. The summed E-state index contributed by atoms with van der Waals surface area (Å²) in [5.74, 6) is 0.634. The van der Waals surface area contributed by atoms with Gasteiger partial charge in [-0.2, -0.15) is 5.10 Å². The van der Waals surface area contributed by atoms with Crippen molar-refractivity contribution >= 4 is 0 Å². The smallest absolute Gasteiger partial charge is 0.157 e. The predicted octanol–water partition coefficient (Wildman–Crippen LogP) is 3.10. The quantitative estimate of drug-likeness (QED) is 0.764. The van der Waals surface area contributed by atoms with Crippen molar-refractivity contribution in [3.8, 4) is 0 Å². The molecule has 4 nitrogen and oxygen atoms in total. The van der Waals surface area contributed by atoms with E-state index in [1.807, 2.05) is 33.2 Å². The van der Waals surface area contributed by atoms with Gasteiger partial charge in [-0.1, -0.05) is 27.7 Å². The van der Waals surface area contributed by atoms with Crippen LogP contribution in [0.4, 0.5) is 0 Å². The fraction of sp³-hybridized carbons (Fsp3) is 0.769. The monoisotopic (exact) mass is 244 g/mol. The van der Waals surface area contributed by atoms with Gasteiger partial charge in [-0.05, 0) is 12.0 Å². The van der Waals surface area contributed by atoms with Crippen molar-refractivity contribution in [2.45, 2.75) is 40.4 Å². The number of rotatable bonds is 4. The van der Waals surface area contributed by atoms with Crippen molar-refractivity contribution < 1.29 is 9.47 Å². The van der Waals surface area contributed by atoms with Gasteiger partial charge >= 0.3 is 0 Å². The summed E-state index contributed by atoms with van der Waals surface area (Å²) in [4.78, 5) is 0. The third kappa shape index (κ3) is 13.1. The van der Waals surface area contributed by atoms with Gasteiger partial charge in [0.2, 0.25) is 0 Å². The first-order chi connectivity index (χ1) is 8.10. The molecule has 102 valence electrons. The number of aromatic nitrogens is 2. The van der Waals surface area contributed by atoms with Gasteiger partial charge in [0.25, 0.3) is 0 Å². The summed E-state index contributed by atoms with van der Waals surface area (Å²) in [5, 5.41) is 3.83. The molecule has 1 aromatic heterocycles. The lowest BCUT2D eigenvalue weighted by Crippen LogP contribution is -2.15. The average molecular weight is 244 g/mol. The molecule has 4 heteroatoms. The third-order valence-electron chi connectivity index (χ3n) is 1.83. The summed E-state index contributed by atoms with van der Waals surface area (Å²) in [6.07, 6.45) is 4.58. The standard InChI is InChI=1S/C7H16O2.C4H6N2.C2H6/c1-6(2)5-7(8-3)9-4;1-6-4-2-3-5-6;1-2/h6-7H,5H2,1-4H3;2-4H,1H3;1-2H3. The van der Waals surface area contributed by atoms with Gasteiger partial charge in [-0.25, -0.2) is 0 Å². The van der Waals surface area contributed by atoms with Crippen molar-refractivity contribution in [3.05, 3.63) is 18.5 Å². The van der Waals surface area contributed by atoms with Gasteiger partial charge < -0.3 is 9.47 Å². The minimum Gasteiger partial charge on any atom is -0.356 e. The molecule has 0 bridgehead atoms. The summed E-state index contributed by atoms with van der Waals surface area (Å²) >= 11 is 0. The molecule has 0 fully saturated rings. The maximum Gasteiger partial charge on any atom is 0.157 e. The second kappa shape index (κ2) is 13.2. The molecule has 0 aromatic carbocycles. The average Bonchev–Trinajstić information content (AvgIpc) is 2.80. The van der Waals surface area contributed by atoms with Crippen molar-refractivity contribution in [1.29, 1.82) is 0 Å². The fourth-order valence-electron chi connectivity index (χ4n) is 1.02. The first-order valence-corrected chi connectivity index (χ1v) is 6.09. The maximum atomic E-state index is 4.99. The molecule has 0 aliphatic heterocycles. The summed E-state index contributed by atoms with van der Waals surface area (Å²) in [7, 11) is 5.22. The van der Waals surface area contributed by atoms with Gasteiger partial charge in [0, 0.05) is 40.1 Å². The van der Waals surface area contributed by atoms with E-state index >= 15 is 0 Å². The molecule has 0 aliphatic carbocycles. The van der Waals surface area contributed by atoms with Gasteiger partial charge in [0.1, 0.15) is 0 Å². The summed E-state index contributed by atoms with van der Waals surface area (Å²) in [5.41, 5.74) is 0. The van der Waals surface area contributed by atoms with Crippen LogP contribution in [0.5, 0.6) is 0 Å². The van der Waals surface area contributed by atoms with Gasteiger partial charge in [0.05, 0.1) is 0 Å². The van der Waals surface area contributed by atoms with Crippen LogP contribution in [0.15, 0.2) is 18.5 Å². The molecular formula is C13H28N2O2. The number of methoxy groups -OCH3 is 2. The zero-order valence-electron chi connectivity index (χ0n) is 12.3. The van der Waals surface area contributed by atoms with Crippen LogP contribution in [0.3, 0.4) is 0 Å². The van der Waals surface area contributed by atoms with E-state index in [2.05, 4.69) is 18.9 Å². The molecule has 0 saturated carbocycles. The lowest BCUT2D eigenvalue weighted by atomic mass is 10.1. The molecule has 17 heavy (non-hydrogen) atoms. The van der Waals surface area contributed by atoms with Crippen LogP contribution in [0.1, 0.15) is 34.1 Å². The molecule has 1 heterocycles. The summed E-state index contributed by atoms with van der Waals surface area (Å²) in [6.45, 7) is 8.29. The third-order valence-corrected chi connectivity index (χ3v) is 1.83. The van der Waals surface area contributed by atoms with Crippen LogP contribution in [0.2, 0.25) is 0 Å². The minimum absolute atomic E-state index is 0.0231. The van der Waals surface area contributed by atoms with E-state index in [0.717, 1.165) is 6.42 Å². The van der Waals surface area contributed by atoms with E-state index in [1.54, 1.807) is 25.1 Å². The highest BCUT2D eigenvalue weighted by Gasteiger charge is 2.06. The topological polar surface area (TPSA) is 36.3 Å². The van der Waals surface area contributed by atoms with Crippen LogP contribution >= 0.6 is 0 Å². The Morgan fingerprint density at radius 2 is 1.71 bits per heavy atom. The summed E-state index contributed by atoms with van der Waals surface area (Å²) < 4.78 is 11.7. The highest BCUT2D eigenvalue weighted by molar-refractivity contribution is 4.75. The first kappa shape index (κ1) is 18.5. The number of hydrogen-bond acceptors (Lipinski definition) is 3. The highest BCUT2D eigenvalue weighted by Crippen LogP contribution is 2.06. The molecule has 1 aromatic rings. The Labute approximate surface area is 106 Å². The van der Waals surface area contributed by atoms with Crippen LogP contribution < -0.4 is 0 Å². The Bertz CT molecular complexity index is 219. The molecule has 0 N–H and O–H groups in total. The molecule has 0 amide bonds. The first-order valence-electron chi connectivity index (χ1n) is 6.09. The number of ether oxygens (including phenoxy) is 2. The van der Waals surface area contributed by atoms with Gasteiger partial charge in [-0.15, -0.1) is 0 Å². The van der Waals surface area contributed by atoms with Crippen LogP contribution in [0.25, 0.3) is 0 Å². The molecule has 0 aliphatic rings. The molecule has 0 unspecified atom stereocenters. The Hall–Kier alpha value is -0.870. The van der Waals surface area contributed by atoms with Crippen molar-refractivity contribution in [1.82, 2.24) is 9.78 Å².